The van der Waals surface area contributed by atoms with Crippen LogP contribution < -0.4 is 20.7 Å². The highest BCUT2D eigenvalue weighted by Crippen LogP contribution is 2.12. The van der Waals surface area contributed by atoms with E-state index < -0.39 is 0 Å². The van der Waals surface area contributed by atoms with Gasteiger partial charge in [-0.25, -0.2) is 0 Å². The largest absolute Gasteiger partial charge is 0.497 e. The summed E-state index contributed by atoms with van der Waals surface area (Å²) in [4.78, 5) is 16.7. The van der Waals surface area contributed by atoms with Crippen LogP contribution in [0.4, 0.5) is 0 Å². The molecule has 0 aliphatic rings. The van der Waals surface area contributed by atoms with Crippen LogP contribution in [-0.4, -0.2) is 39.1 Å². The average molecular weight is 488 g/mol. The van der Waals surface area contributed by atoms with E-state index in [2.05, 4.69) is 20.9 Å². The minimum absolute atomic E-state index is 0. The van der Waals surface area contributed by atoms with Crippen LogP contribution >= 0.6 is 35.3 Å². The number of ether oxygens (including phenoxy) is 1. The van der Waals surface area contributed by atoms with Gasteiger partial charge in [0.2, 0.25) is 0 Å². The second-order valence-electron chi connectivity index (χ2n) is 5.29. The number of thiophene rings is 1. The number of methoxy groups -OCH3 is 1. The Labute approximate surface area is 175 Å². The van der Waals surface area contributed by atoms with Crippen LogP contribution in [-0.2, 0) is 6.54 Å². The van der Waals surface area contributed by atoms with Gasteiger partial charge in [-0.2, -0.15) is 0 Å². The van der Waals surface area contributed by atoms with E-state index in [0.29, 0.717) is 13.1 Å². The molecule has 0 saturated heterocycles. The van der Waals surface area contributed by atoms with Crippen molar-refractivity contribution < 1.29 is 9.53 Å². The molecule has 8 heteroatoms. The van der Waals surface area contributed by atoms with E-state index in [1.54, 1.807) is 14.2 Å². The highest BCUT2D eigenvalue weighted by molar-refractivity contribution is 14.0. The summed E-state index contributed by atoms with van der Waals surface area (Å²) < 4.78 is 5.22. The summed E-state index contributed by atoms with van der Waals surface area (Å²) in [6.45, 7) is 2.01. The molecule has 0 saturated carbocycles. The lowest BCUT2D eigenvalue weighted by Gasteiger charge is -2.12. The first-order valence-electron chi connectivity index (χ1n) is 8.12. The number of guanidine groups is 1. The molecule has 0 unspecified atom stereocenters. The van der Waals surface area contributed by atoms with Crippen LogP contribution in [0.2, 0.25) is 0 Å². The highest BCUT2D eigenvalue weighted by Gasteiger charge is 2.05. The molecule has 0 radical (unpaired) electrons. The highest BCUT2D eigenvalue weighted by atomic mass is 127. The summed E-state index contributed by atoms with van der Waals surface area (Å²) in [6.07, 6.45) is 0.816. The van der Waals surface area contributed by atoms with Crippen LogP contribution in [0.5, 0.6) is 5.75 Å². The van der Waals surface area contributed by atoms with E-state index in [1.165, 1.54) is 11.3 Å². The van der Waals surface area contributed by atoms with Gasteiger partial charge >= 0.3 is 0 Å². The fourth-order valence-corrected chi connectivity index (χ4v) is 2.82. The second-order valence-corrected chi connectivity index (χ2v) is 6.24. The molecule has 0 fully saturated rings. The van der Waals surface area contributed by atoms with Gasteiger partial charge in [0.25, 0.3) is 5.91 Å². The van der Waals surface area contributed by atoms with E-state index in [0.717, 1.165) is 35.1 Å². The molecule has 0 spiro atoms. The van der Waals surface area contributed by atoms with E-state index >= 15 is 0 Å². The summed E-state index contributed by atoms with van der Waals surface area (Å²) in [5.41, 5.74) is 1.12. The normalized spacial score (nSPS) is 10.6. The zero-order chi connectivity index (χ0) is 17.9. The summed E-state index contributed by atoms with van der Waals surface area (Å²) in [7, 11) is 3.39. The van der Waals surface area contributed by atoms with Gasteiger partial charge in [-0.3, -0.25) is 9.79 Å². The Balaban J connectivity index is 0.00000338. The molecule has 3 N–H and O–H groups in total. The van der Waals surface area contributed by atoms with Gasteiger partial charge in [-0.05, 0) is 35.6 Å². The number of hydrogen-bond donors (Lipinski definition) is 3. The number of nitrogens with one attached hydrogen (secondary N) is 3. The lowest BCUT2D eigenvalue weighted by molar-refractivity contribution is 0.0957. The Bertz CT molecular complexity index is 692. The van der Waals surface area contributed by atoms with Gasteiger partial charge in [-0.1, -0.05) is 18.2 Å². The summed E-state index contributed by atoms with van der Waals surface area (Å²) >= 11 is 1.44. The molecule has 1 heterocycles. The molecule has 0 aliphatic carbocycles. The first kappa shape index (κ1) is 22.2. The maximum atomic E-state index is 11.8. The van der Waals surface area contributed by atoms with E-state index in [-0.39, 0.29) is 29.9 Å². The molecule has 1 aromatic carbocycles. The van der Waals surface area contributed by atoms with Crippen molar-refractivity contribution in [1.29, 1.82) is 0 Å². The SMILES string of the molecule is CN=C(NCCCNC(=O)c1cccs1)NCc1cccc(OC)c1.I. The minimum atomic E-state index is -0.0180. The summed E-state index contributed by atoms with van der Waals surface area (Å²) in [6, 6.07) is 11.6. The third kappa shape index (κ3) is 7.61. The number of rotatable bonds is 8. The molecule has 6 nitrogen and oxygen atoms in total. The van der Waals surface area contributed by atoms with Crippen LogP contribution in [0.15, 0.2) is 46.8 Å². The zero-order valence-electron chi connectivity index (χ0n) is 15.0. The first-order chi connectivity index (χ1) is 12.2. The number of hydrogen-bond acceptors (Lipinski definition) is 4. The van der Waals surface area contributed by atoms with E-state index in [9.17, 15) is 4.79 Å². The molecular weight excluding hydrogens is 463 g/mol. The lowest BCUT2D eigenvalue weighted by atomic mass is 10.2. The Morgan fingerprint density at radius 1 is 1.15 bits per heavy atom. The summed E-state index contributed by atoms with van der Waals surface area (Å²) in [5, 5.41) is 11.3. The number of amides is 1. The number of carbonyl (C=O) groups is 1. The molecule has 0 aliphatic heterocycles. The Morgan fingerprint density at radius 3 is 2.65 bits per heavy atom. The van der Waals surface area contributed by atoms with Crippen LogP contribution in [0.25, 0.3) is 0 Å². The molecule has 0 bridgehead atoms. The van der Waals surface area contributed by atoms with Crippen molar-refractivity contribution in [3.63, 3.8) is 0 Å². The molecule has 142 valence electrons. The van der Waals surface area contributed by atoms with Gasteiger partial charge in [0.15, 0.2) is 5.96 Å². The standard InChI is InChI=1S/C18H24N4O2S.HI/c1-19-18(22-13-14-6-3-7-15(12-14)24-2)21-10-5-9-20-17(23)16-8-4-11-25-16;/h3-4,6-8,11-12H,5,9-10,13H2,1-2H3,(H,20,23)(H2,19,21,22);1H. The first-order valence-corrected chi connectivity index (χ1v) is 9.00. The fraction of sp³-hybridized carbons (Fsp3) is 0.333. The second kappa shape index (κ2) is 12.5. The molecule has 2 aromatic rings. The van der Waals surface area contributed by atoms with Crippen molar-refractivity contribution in [2.45, 2.75) is 13.0 Å². The van der Waals surface area contributed by atoms with Crippen molar-refractivity contribution in [2.24, 2.45) is 4.99 Å². The fourth-order valence-electron chi connectivity index (χ4n) is 2.18. The number of carbonyl (C=O) groups excluding carboxylic acids is 1. The number of benzene rings is 1. The molecule has 1 aromatic heterocycles. The molecule has 2 rings (SSSR count). The van der Waals surface area contributed by atoms with Gasteiger partial charge in [-0.15, -0.1) is 35.3 Å². The van der Waals surface area contributed by atoms with Crippen molar-refractivity contribution in [3.05, 3.63) is 52.2 Å². The number of halogens is 1. The van der Waals surface area contributed by atoms with Gasteiger partial charge < -0.3 is 20.7 Å². The molecular formula is C18H25IN4O2S. The third-order valence-corrected chi connectivity index (χ3v) is 4.36. The van der Waals surface area contributed by atoms with E-state index in [4.69, 9.17) is 4.74 Å². The van der Waals surface area contributed by atoms with Crippen LogP contribution in [0, 0.1) is 0 Å². The van der Waals surface area contributed by atoms with Gasteiger partial charge in [0.05, 0.1) is 12.0 Å². The molecule has 26 heavy (non-hydrogen) atoms. The van der Waals surface area contributed by atoms with E-state index in [1.807, 2.05) is 41.8 Å². The minimum Gasteiger partial charge on any atom is -0.497 e. The van der Waals surface area contributed by atoms with Crippen LogP contribution in [0.1, 0.15) is 21.7 Å². The van der Waals surface area contributed by atoms with Crippen LogP contribution in [0.3, 0.4) is 0 Å². The summed E-state index contributed by atoms with van der Waals surface area (Å²) in [5.74, 6) is 1.55. The maximum Gasteiger partial charge on any atom is 0.261 e. The lowest BCUT2D eigenvalue weighted by Crippen LogP contribution is -2.38. The Kier molecular flexibility index (Phi) is 10.7. The Hall–Kier alpha value is -1.81. The number of nitrogens with zero attached hydrogens (tertiary/aromatic N) is 1. The van der Waals surface area contributed by atoms with Gasteiger partial charge in [0.1, 0.15) is 5.75 Å². The van der Waals surface area contributed by atoms with Crippen molar-refractivity contribution >= 4 is 47.2 Å². The average Bonchev–Trinajstić information content (AvgIpc) is 3.18. The van der Waals surface area contributed by atoms with Crippen molar-refractivity contribution in [1.82, 2.24) is 16.0 Å². The smallest absolute Gasteiger partial charge is 0.261 e. The predicted molar refractivity (Wildman–Crippen MR) is 118 cm³/mol. The third-order valence-electron chi connectivity index (χ3n) is 3.49. The zero-order valence-corrected chi connectivity index (χ0v) is 18.1. The maximum absolute atomic E-state index is 11.8. The van der Waals surface area contributed by atoms with Crippen molar-refractivity contribution in [2.75, 3.05) is 27.2 Å². The monoisotopic (exact) mass is 488 g/mol. The van der Waals surface area contributed by atoms with Crippen molar-refractivity contribution in [3.8, 4) is 5.75 Å². The van der Waals surface area contributed by atoms with Gasteiger partial charge in [0, 0.05) is 26.7 Å². The number of aliphatic imine (C=N–C) groups is 1. The molecule has 1 amide bonds. The quantitative estimate of drug-likeness (QED) is 0.231. The topological polar surface area (TPSA) is 74.8 Å². The molecule has 0 atom stereocenters. The Morgan fingerprint density at radius 2 is 1.96 bits per heavy atom. The predicted octanol–water partition coefficient (Wildman–Crippen LogP) is 2.86.